The first-order valence-corrected chi connectivity index (χ1v) is 10.00. The SMILES string of the molecule is O=C(O)Cc1ccc2cc(OCCCCCCc3cc(O)c(O)cc3F)ccc2c1. The van der Waals surface area contributed by atoms with E-state index in [9.17, 15) is 19.4 Å². The smallest absolute Gasteiger partial charge is 0.307 e. The quantitative estimate of drug-likeness (QED) is 0.315. The zero-order valence-corrected chi connectivity index (χ0v) is 16.6. The zero-order valence-electron chi connectivity index (χ0n) is 16.6. The lowest BCUT2D eigenvalue weighted by atomic mass is 10.0. The molecule has 0 unspecified atom stereocenters. The van der Waals surface area contributed by atoms with Crippen LogP contribution in [0.5, 0.6) is 17.2 Å². The Morgan fingerprint density at radius 2 is 1.57 bits per heavy atom. The molecule has 0 heterocycles. The second-order valence-corrected chi connectivity index (χ2v) is 7.36. The maximum absolute atomic E-state index is 13.7. The third-order valence-electron chi connectivity index (χ3n) is 4.98. The number of carboxylic acid groups (broad SMARTS) is 1. The van der Waals surface area contributed by atoms with E-state index in [4.69, 9.17) is 9.84 Å². The molecule has 6 heteroatoms. The van der Waals surface area contributed by atoms with Gasteiger partial charge in [0.25, 0.3) is 0 Å². The fraction of sp³-hybridized carbons (Fsp3) is 0.292. The minimum atomic E-state index is -0.847. The summed E-state index contributed by atoms with van der Waals surface area (Å²) >= 11 is 0. The van der Waals surface area contributed by atoms with Crippen LogP contribution in [0.2, 0.25) is 0 Å². The lowest BCUT2D eigenvalue weighted by Gasteiger charge is -2.09. The van der Waals surface area contributed by atoms with Crippen LogP contribution in [-0.4, -0.2) is 27.9 Å². The molecular weight excluding hydrogens is 387 g/mol. The van der Waals surface area contributed by atoms with Gasteiger partial charge in [0, 0.05) is 6.07 Å². The van der Waals surface area contributed by atoms with Gasteiger partial charge in [-0.05, 0) is 59.4 Å². The number of halogens is 1. The molecule has 158 valence electrons. The molecule has 0 aliphatic rings. The van der Waals surface area contributed by atoms with Crippen molar-refractivity contribution in [2.24, 2.45) is 0 Å². The van der Waals surface area contributed by atoms with Gasteiger partial charge in [-0.2, -0.15) is 0 Å². The van der Waals surface area contributed by atoms with Crippen LogP contribution >= 0.6 is 0 Å². The molecule has 3 aromatic rings. The van der Waals surface area contributed by atoms with Crippen molar-refractivity contribution in [2.75, 3.05) is 6.61 Å². The fourth-order valence-electron chi connectivity index (χ4n) is 3.39. The number of hydrogen-bond acceptors (Lipinski definition) is 4. The molecule has 0 bridgehead atoms. The Labute approximate surface area is 174 Å². The summed E-state index contributed by atoms with van der Waals surface area (Å²) in [7, 11) is 0. The van der Waals surface area contributed by atoms with Gasteiger partial charge in [0.2, 0.25) is 0 Å². The summed E-state index contributed by atoms with van der Waals surface area (Å²) in [5.74, 6) is -1.31. The molecule has 0 fully saturated rings. The van der Waals surface area contributed by atoms with E-state index in [1.165, 1.54) is 6.07 Å². The number of aromatic hydroxyl groups is 2. The van der Waals surface area contributed by atoms with Gasteiger partial charge in [-0.15, -0.1) is 0 Å². The van der Waals surface area contributed by atoms with Crippen molar-refractivity contribution < 1.29 is 29.2 Å². The van der Waals surface area contributed by atoms with E-state index in [0.29, 0.717) is 18.6 Å². The molecule has 0 amide bonds. The van der Waals surface area contributed by atoms with Crippen molar-refractivity contribution in [3.05, 3.63) is 65.5 Å². The maximum atomic E-state index is 13.7. The van der Waals surface area contributed by atoms with Crippen LogP contribution in [-0.2, 0) is 17.6 Å². The molecule has 0 saturated carbocycles. The van der Waals surface area contributed by atoms with Crippen molar-refractivity contribution in [1.82, 2.24) is 0 Å². The predicted molar refractivity (Wildman–Crippen MR) is 113 cm³/mol. The molecular formula is C24H25FO5. The molecule has 0 aliphatic heterocycles. The number of ether oxygens (including phenoxy) is 1. The number of unbranched alkanes of at least 4 members (excludes halogenated alkanes) is 3. The van der Waals surface area contributed by atoms with E-state index >= 15 is 0 Å². The van der Waals surface area contributed by atoms with Gasteiger partial charge >= 0.3 is 5.97 Å². The summed E-state index contributed by atoms with van der Waals surface area (Å²) in [6.07, 6.45) is 4.03. The van der Waals surface area contributed by atoms with E-state index in [2.05, 4.69) is 0 Å². The molecule has 3 aromatic carbocycles. The lowest BCUT2D eigenvalue weighted by Crippen LogP contribution is -2.00. The van der Waals surface area contributed by atoms with Crippen LogP contribution < -0.4 is 4.74 Å². The average Bonchev–Trinajstić information content (AvgIpc) is 2.70. The fourth-order valence-corrected chi connectivity index (χ4v) is 3.39. The predicted octanol–water partition coefficient (Wildman–Crippen LogP) is 5.20. The minimum absolute atomic E-state index is 0.00867. The summed E-state index contributed by atoms with van der Waals surface area (Å²) in [6.45, 7) is 0.580. The number of hydrogen-bond donors (Lipinski definition) is 3. The summed E-state index contributed by atoms with van der Waals surface area (Å²) in [4.78, 5) is 10.8. The molecule has 0 aromatic heterocycles. The Bertz CT molecular complexity index is 1030. The first-order valence-electron chi connectivity index (χ1n) is 10.00. The first kappa shape index (κ1) is 21.4. The molecule has 0 aliphatic carbocycles. The van der Waals surface area contributed by atoms with E-state index in [-0.39, 0.29) is 12.2 Å². The standard InChI is InChI=1S/C24H25FO5/c25-21-15-23(27)22(26)14-19(21)5-3-1-2-4-10-30-20-9-8-17-11-16(12-24(28)29)6-7-18(17)13-20/h6-9,11,13-15,26-27H,1-5,10,12H2,(H,28,29). The highest BCUT2D eigenvalue weighted by atomic mass is 19.1. The third kappa shape index (κ3) is 5.86. The van der Waals surface area contributed by atoms with E-state index in [1.54, 1.807) is 0 Å². The second-order valence-electron chi connectivity index (χ2n) is 7.36. The highest BCUT2D eigenvalue weighted by Crippen LogP contribution is 2.28. The highest BCUT2D eigenvalue weighted by Gasteiger charge is 2.08. The zero-order chi connectivity index (χ0) is 21.5. The van der Waals surface area contributed by atoms with E-state index in [0.717, 1.165) is 53.8 Å². The monoisotopic (exact) mass is 412 g/mol. The van der Waals surface area contributed by atoms with Crippen molar-refractivity contribution >= 4 is 16.7 Å². The van der Waals surface area contributed by atoms with Gasteiger partial charge in [0.15, 0.2) is 11.5 Å². The van der Waals surface area contributed by atoms with Crippen molar-refractivity contribution in [1.29, 1.82) is 0 Å². The summed E-state index contributed by atoms with van der Waals surface area (Å²) in [6, 6.07) is 13.6. The Kier molecular flexibility index (Phi) is 7.12. The molecule has 0 saturated heterocycles. The van der Waals surface area contributed by atoms with Crippen LogP contribution in [0.3, 0.4) is 0 Å². The number of phenolic OH excluding ortho intramolecular Hbond substituents is 2. The Balaban J connectivity index is 1.39. The number of aryl methyl sites for hydroxylation is 1. The van der Waals surface area contributed by atoms with Crippen LogP contribution in [0.15, 0.2) is 48.5 Å². The third-order valence-corrected chi connectivity index (χ3v) is 4.98. The average molecular weight is 412 g/mol. The normalized spacial score (nSPS) is 11.0. The largest absolute Gasteiger partial charge is 0.504 e. The van der Waals surface area contributed by atoms with Crippen molar-refractivity contribution in [3.8, 4) is 17.2 Å². The van der Waals surface area contributed by atoms with E-state index in [1.807, 2.05) is 36.4 Å². The molecule has 0 atom stereocenters. The number of fused-ring (bicyclic) bond motifs is 1. The summed E-state index contributed by atoms with van der Waals surface area (Å²) in [5, 5.41) is 29.6. The second kappa shape index (κ2) is 9.96. The lowest BCUT2D eigenvalue weighted by molar-refractivity contribution is -0.136. The van der Waals surface area contributed by atoms with Gasteiger partial charge in [-0.25, -0.2) is 4.39 Å². The molecule has 3 N–H and O–H groups in total. The van der Waals surface area contributed by atoms with Crippen LogP contribution in [0.4, 0.5) is 4.39 Å². The van der Waals surface area contributed by atoms with Crippen molar-refractivity contribution in [3.63, 3.8) is 0 Å². The van der Waals surface area contributed by atoms with Gasteiger partial charge in [0.1, 0.15) is 11.6 Å². The maximum Gasteiger partial charge on any atom is 0.307 e. The molecule has 30 heavy (non-hydrogen) atoms. The molecule has 0 spiro atoms. The summed E-state index contributed by atoms with van der Waals surface area (Å²) < 4.78 is 19.5. The van der Waals surface area contributed by atoms with Crippen LogP contribution in [0.1, 0.15) is 36.8 Å². The number of phenols is 2. The van der Waals surface area contributed by atoms with Gasteiger partial charge in [-0.3, -0.25) is 4.79 Å². The Morgan fingerprint density at radius 3 is 2.37 bits per heavy atom. The molecule has 3 rings (SSSR count). The van der Waals surface area contributed by atoms with Crippen LogP contribution in [0, 0.1) is 5.82 Å². The number of carbonyl (C=O) groups is 1. The number of benzene rings is 3. The van der Waals surface area contributed by atoms with Crippen molar-refractivity contribution in [2.45, 2.75) is 38.5 Å². The topological polar surface area (TPSA) is 87.0 Å². The minimum Gasteiger partial charge on any atom is -0.504 e. The number of rotatable bonds is 10. The number of aliphatic carboxylic acids is 1. The molecule has 0 radical (unpaired) electrons. The van der Waals surface area contributed by atoms with Gasteiger partial charge in [0.05, 0.1) is 13.0 Å². The van der Waals surface area contributed by atoms with Gasteiger partial charge in [-0.1, -0.05) is 37.1 Å². The van der Waals surface area contributed by atoms with E-state index < -0.39 is 17.5 Å². The molecule has 5 nitrogen and oxygen atoms in total. The highest BCUT2D eigenvalue weighted by molar-refractivity contribution is 5.85. The number of carboxylic acids is 1. The van der Waals surface area contributed by atoms with Gasteiger partial charge < -0.3 is 20.1 Å². The first-order chi connectivity index (χ1) is 14.4. The Morgan fingerprint density at radius 1 is 0.867 bits per heavy atom. The van der Waals surface area contributed by atoms with Crippen LogP contribution in [0.25, 0.3) is 10.8 Å². The summed E-state index contributed by atoms with van der Waals surface area (Å²) in [5.41, 5.74) is 1.18. The Hall–Kier alpha value is -3.28.